The Morgan fingerprint density at radius 2 is 1.16 bits per heavy atom. The maximum absolute atomic E-state index is 5.91. The molecule has 176 valence electrons. The number of nitrogens with zero attached hydrogens (tertiary/aromatic N) is 2. The lowest BCUT2D eigenvalue weighted by Crippen LogP contribution is -2.28. The fraction of sp³-hybridized carbons (Fsp3) is 0.552. The van der Waals surface area contributed by atoms with Crippen LogP contribution in [0.4, 0.5) is 5.69 Å². The topological polar surface area (TPSA) is 41.6 Å². The summed E-state index contributed by atoms with van der Waals surface area (Å²) in [5.74, 6) is 5.91. The maximum atomic E-state index is 5.91. The molecule has 0 heterocycles. The first-order valence-electron chi connectivity index (χ1n) is 13.0. The molecule has 0 unspecified atom stereocenters. The van der Waals surface area contributed by atoms with Crippen LogP contribution in [0.25, 0.3) is 0 Å². The van der Waals surface area contributed by atoms with Gasteiger partial charge in [0.05, 0.1) is 5.71 Å². The summed E-state index contributed by atoms with van der Waals surface area (Å²) in [5.41, 5.74) is 4.35. The van der Waals surface area contributed by atoms with Gasteiger partial charge in [-0.2, -0.15) is 5.10 Å². The molecule has 0 atom stereocenters. The third kappa shape index (κ3) is 9.06. The Morgan fingerprint density at radius 3 is 1.72 bits per heavy atom. The van der Waals surface area contributed by atoms with Gasteiger partial charge in [-0.25, -0.2) is 0 Å². The molecule has 3 nitrogen and oxygen atoms in total. The van der Waals surface area contributed by atoms with Gasteiger partial charge < -0.3 is 10.7 Å². The lowest BCUT2D eigenvalue weighted by atomic mass is 9.99. The van der Waals surface area contributed by atoms with E-state index in [9.17, 15) is 0 Å². The van der Waals surface area contributed by atoms with Crippen LogP contribution in [0.3, 0.4) is 0 Å². The molecule has 0 radical (unpaired) electrons. The summed E-state index contributed by atoms with van der Waals surface area (Å²) in [6.07, 6.45) is 15.9. The van der Waals surface area contributed by atoms with E-state index in [0.717, 1.165) is 29.9 Å². The van der Waals surface area contributed by atoms with Crippen LogP contribution >= 0.6 is 0 Å². The Kier molecular flexibility index (Phi) is 13.3. The third-order valence-corrected chi connectivity index (χ3v) is 6.24. The van der Waals surface area contributed by atoms with Crippen LogP contribution < -0.4 is 10.7 Å². The number of benzene rings is 2. The lowest BCUT2D eigenvalue weighted by molar-refractivity contribution is 0.575. The third-order valence-electron chi connectivity index (χ3n) is 6.24. The highest BCUT2D eigenvalue weighted by molar-refractivity contribution is 6.15. The number of para-hydroxylation sites is 1. The molecule has 0 aromatic heterocycles. The molecule has 2 N–H and O–H groups in total. The predicted octanol–water partition coefficient (Wildman–Crippen LogP) is 7.93. The highest BCUT2D eigenvalue weighted by Crippen LogP contribution is 2.25. The van der Waals surface area contributed by atoms with Crippen LogP contribution in [0, 0.1) is 0 Å². The van der Waals surface area contributed by atoms with Gasteiger partial charge in [0.15, 0.2) is 0 Å². The molecule has 2 rings (SSSR count). The fourth-order valence-electron chi connectivity index (χ4n) is 4.36. The number of hydrogen-bond donors (Lipinski definition) is 1. The molecule has 0 saturated heterocycles. The largest absolute Gasteiger partial charge is 0.371 e. The second-order valence-corrected chi connectivity index (χ2v) is 8.88. The Bertz CT molecular complexity index is 738. The van der Waals surface area contributed by atoms with Crippen molar-refractivity contribution in [3.8, 4) is 0 Å². The van der Waals surface area contributed by atoms with Crippen molar-refractivity contribution in [2.24, 2.45) is 10.9 Å². The summed E-state index contributed by atoms with van der Waals surface area (Å²) in [4.78, 5) is 2.59. The lowest BCUT2D eigenvalue weighted by Gasteiger charge is -2.28. The average Bonchev–Trinajstić information content (AvgIpc) is 2.84. The molecule has 0 bridgehead atoms. The fourth-order valence-corrected chi connectivity index (χ4v) is 4.36. The average molecular weight is 436 g/mol. The van der Waals surface area contributed by atoms with Crippen LogP contribution in [-0.4, -0.2) is 18.8 Å². The Morgan fingerprint density at radius 1 is 0.656 bits per heavy atom. The Hall–Kier alpha value is -2.29. The van der Waals surface area contributed by atoms with E-state index < -0.39 is 0 Å². The van der Waals surface area contributed by atoms with Gasteiger partial charge in [0.2, 0.25) is 0 Å². The van der Waals surface area contributed by atoms with Crippen molar-refractivity contribution >= 4 is 11.4 Å². The molecule has 0 aliphatic rings. The van der Waals surface area contributed by atoms with Crippen molar-refractivity contribution in [2.75, 3.05) is 18.0 Å². The van der Waals surface area contributed by atoms with Gasteiger partial charge in [-0.15, -0.1) is 0 Å². The van der Waals surface area contributed by atoms with Gasteiger partial charge in [-0.1, -0.05) is 127 Å². The molecule has 0 aliphatic heterocycles. The molecule has 2 aromatic carbocycles. The Balaban J connectivity index is 2.12. The van der Waals surface area contributed by atoms with E-state index in [4.69, 9.17) is 5.84 Å². The second-order valence-electron chi connectivity index (χ2n) is 8.88. The van der Waals surface area contributed by atoms with E-state index in [-0.39, 0.29) is 0 Å². The minimum absolute atomic E-state index is 0.872. The van der Waals surface area contributed by atoms with E-state index in [2.05, 4.69) is 60.2 Å². The molecular formula is C29H45N3. The van der Waals surface area contributed by atoms with Crippen molar-refractivity contribution in [1.82, 2.24) is 0 Å². The van der Waals surface area contributed by atoms with Crippen LogP contribution in [0.15, 0.2) is 59.7 Å². The van der Waals surface area contributed by atoms with Crippen molar-refractivity contribution in [3.63, 3.8) is 0 Å². The van der Waals surface area contributed by atoms with Crippen molar-refractivity contribution in [1.29, 1.82) is 0 Å². The zero-order chi connectivity index (χ0) is 22.9. The van der Waals surface area contributed by atoms with Crippen molar-refractivity contribution in [2.45, 2.75) is 90.9 Å². The standard InChI is InChI=1S/C29H45N3/c1-3-5-7-9-11-18-24-32(25-19-12-10-8-6-4-2)28-23-17-16-22-27(28)29(31-30)26-20-14-13-15-21-26/h13-17,20-23H,3-12,18-19,24-25,30H2,1-2H3. The van der Waals surface area contributed by atoms with Crippen LogP contribution in [0.1, 0.15) is 102 Å². The summed E-state index contributed by atoms with van der Waals surface area (Å²) in [6.45, 7) is 6.76. The Labute approximate surface area is 197 Å². The maximum Gasteiger partial charge on any atom is 0.0992 e. The van der Waals surface area contributed by atoms with Crippen LogP contribution in [0.2, 0.25) is 0 Å². The second kappa shape index (κ2) is 16.4. The van der Waals surface area contributed by atoms with Crippen LogP contribution in [0.5, 0.6) is 0 Å². The summed E-state index contributed by atoms with van der Waals surface area (Å²) >= 11 is 0. The molecule has 3 heteroatoms. The van der Waals surface area contributed by atoms with Crippen molar-refractivity contribution in [3.05, 3.63) is 65.7 Å². The molecule has 0 amide bonds. The number of rotatable bonds is 17. The van der Waals surface area contributed by atoms with E-state index in [0.29, 0.717) is 0 Å². The number of hydrogen-bond acceptors (Lipinski definition) is 3. The van der Waals surface area contributed by atoms with E-state index >= 15 is 0 Å². The quantitative estimate of drug-likeness (QED) is 0.119. The molecule has 0 fully saturated rings. The van der Waals surface area contributed by atoms with E-state index in [1.807, 2.05) is 18.2 Å². The number of anilines is 1. The molecule has 32 heavy (non-hydrogen) atoms. The molecule has 0 saturated carbocycles. The molecular weight excluding hydrogens is 390 g/mol. The first-order valence-corrected chi connectivity index (χ1v) is 13.0. The minimum atomic E-state index is 0.872. The smallest absolute Gasteiger partial charge is 0.0992 e. The number of unbranched alkanes of at least 4 members (excludes halogenated alkanes) is 10. The summed E-state index contributed by atoms with van der Waals surface area (Å²) in [5, 5.41) is 4.22. The van der Waals surface area contributed by atoms with E-state index in [1.165, 1.54) is 82.7 Å². The first-order chi connectivity index (χ1) is 15.8. The van der Waals surface area contributed by atoms with Crippen LogP contribution in [-0.2, 0) is 0 Å². The number of hydrazone groups is 1. The van der Waals surface area contributed by atoms with Crippen molar-refractivity contribution < 1.29 is 0 Å². The van der Waals surface area contributed by atoms with Gasteiger partial charge in [-0.05, 0) is 18.9 Å². The van der Waals surface area contributed by atoms with Gasteiger partial charge in [0.1, 0.15) is 0 Å². The number of nitrogens with two attached hydrogens (primary N) is 1. The summed E-state index contributed by atoms with van der Waals surface area (Å²) in [6, 6.07) is 19.0. The van der Waals surface area contributed by atoms with E-state index in [1.54, 1.807) is 0 Å². The van der Waals surface area contributed by atoms with Gasteiger partial charge in [-0.3, -0.25) is 0 Å². The highest BCUT2D eigenvalue weighted by Gasteiger charge is 2.16. The highest BCUT2D eigenvalue weighted by atomic mass is 15.1. The summed E-state index contributed by atoms with van der Waals surface area (Å²) < 4.78 is 0. The van der Waals surface area contributed by atoms with Gasteiger partial charge >= 0.3 is 0 Å². The first kappa shape index (κ1) is 26.0. The normalized spacial score (nSPS) is 11.6. The molecule has 0 spiro atoms. The minimum Gasteiger partial charge on any atom is -0.371 e. The molecule has 2 aromatic rings. The zero-order valence-electron chi connectivity index (χ0n) is 20.6. The van der Waals surface area contributed by atoms with Gasteiger partial charge in [0.25, 0.3) is 0 Å². The SMILES string of the molecule is CCCCCCCCN(CCCCCCCC)c1ccccc1C(=NN)c1ccccc1. The monoisotopic (exact) mass is 435 g/mol. The molecule has 0 aliphatic carbocycles. The predicted molar refractivity (Wildman–Crippen MR) is 142 cm³/mol. The zero-order valence-corrected chi connectivity index (χ0v) is 20.6. The van der Waals surface area contributed by atoms with Gasteiger partial charge in [0, 0.05) is 29.9 Å². The summed E-state index contributed by atoms with van der Waals surface area (Å²) in [7, 11) is 0.